The molecule has 2 aliphatic rings. The van der Waals surface area contributed by atoms with Gasteiger partial charge in [0, 0.05) is 34.5 Å². The Labute approximate surface area is 365 Å². The molecule has 0 aliphatic carbocycles. The number of aromatic nitrogens is 4. The van der Waals surface area contributed by atoms with E-state index in [0.29, 0.717) is 18.7 Å². The van der Waals surface area contributed by atoms with E-state index >= 15 is 0 Å². The number of aliphatic hydroxyl groups excluding tert-OH is 1. The lowest BCUT2D eigenvalue weighted by atomic mass is 10.0. The van der Waals surface area contributed by atoms with Crippen molar-refractivity contribution in [2.24, 2.45) is 0 Å². The third-order valence-electron chi connectivity index (χ3n) is 11.6. The van der Waals surface area contributed by atoms with E-state index in [1.165, 1.54) is 23.6 Å². The molecule has 3 aromatic carbocycles. The second kappa shape index (κ2) is 18.0. The molecule has 7 aromatic rings. The van der Waals surface area contributed by atoms with Gasteiger partial charge in [-0.3, -0.25) is 14.9 Å². The number of nitrogens with one attached hydrogen (secondary N) is 4. The zero-order chi connectivity index (χ0) is 42.7. The molecule has 62 heavy (non-hydrogen) atoms. The van der Waals surface area contributed by atoms with Gasteiger partial charge in [0.15, 0.2) is 0 Å². The van der Waals surface area contributed by atoms with Gasteiger partial charge in [0.2, 0.25) is 12.3 Å². The van der Waals surface area contributed by atoms with Crippen molar-refractivity contribution < 1.29 is 29.0 Å². The number of alkyl carbamates (subject to hydrolysis) is 1. The number of H-pyrrole nitrogens is 2. The van der Waals surface area contributed by atoms with Crippen LogP contribution in [0.5, 0.6) is 0 Å². The first-order valence-corrected chi connectivity index (χ1v) is 22.2. The zero-order valence-electron chi connectivity index (χ0n) is 34.1. The number of benzene rings is 3. The predicted molar refractivity (Wildman–Crippen MR) is 238 cm³/mol. The number of thiophene rings is 2. The zero-order valence-corrected chi connectivity index (χ0v) is 35.7. The monoisotopic (exact) mass is 870 g/mol. The molecule has 0 radical (unpaired) electrons. The number of methoxy groups -OCH3 is 2. The molecule has 3 amide bonds. The van der Waals surface area contributed by atoms with Crippen LogP contribution in [0.4, 0.5) is 4.79 Å². The van der Waals surface area contributed by atoms with Gasteiger partial charge in [-0.1, -0.05) is 84.9 Å². The van der Waals surface area contributed by atoms with Crippen molar-refractivity contribution in [3.8, 4) is 32.3 Å². The molecule has 16 heteroatoms. The van der Waals surface area contributed by atoms with Crippen LogP contribution in [0.2, 0.25) is 0 Å². The molecule has 0 saturated carbocycles. The summed E-state index contributed by atoms with van der Waals surface area (Å²) in [6, 6.07) is 29.2. The average molecular weight is 871 g/mol. The van der Waals surface area contributed by atoms with E-state index in [4.69, 9.17) is 19.4 Å². The van der Waals surface area contributed by atoms with Gasteiger partial charge in [0.25, 0.3) is 5.91 Å². The van der Waals surface area contributed by atoms with Crippen molar-refractivity contribution >= 4 is 50.0 Å². The lowest BCUT2D eigenvalue weighted by Crippen LogP contribution is -2.44. The first-order valence-electron chi connectivity index (χ1n) is 20.5. The van der Waals surface area contributed by atoms with Gasteiger partial charge in [-0.25, -0.2) is 14.8 Å². The van der Waals surface area contributed by atoms with Crippen molar-refractivity contribution in [1.82, 2.24) is 40.4 Å². The topological polar surface area (TPSA) is 178 Å². The molecule has 2 fully saturated rings. The maximum Gasteiger partial charge on any atom is 0.407 e. The van der Waals surface area contributed by atoms with Crippen LogP contribution in [-0.2, 0) is 19.1 Å². The number of likely N-dealkylation sites (tertiary alicyclic amines) is 2. The Bertz CT molecular complexity index is 2630. The second-order valence-electron chi connectivity index (χ2n) is 15.3. The lowest BCUT2D eigenvalue weighted by Gasteiger charge is -2.29. The number of imidazole rings is 2. The fourth-order valence-corrected chi connectivity index (χ4v) is 10.8. The summed E-state index contributed by atoms with van der Waals surface area (Å²) in [6.45, 7) is 1.15. The average Bonchev–Trinajstić information content (AvgIpc) is 4.17. The van der Waals surface area contributed by atoms with Crippen molar-refractivity contribution in [1.29, 1.82) is 0 Å². The normalized spacial score (nSPS) is 17.9. The number of carbonyl (C=O) groups is 3. The third-order valence-corrected chi connectivity index (χ3v) is 14.0. The van der Waals surface area contributed by atoms with E-state index < -0.39 is 24.6 Å². The van der Waals surface area contributed by atoms with Crippen LogP contribution in [0.15, 0.2) is 109 Å². The molecule has 5 N–H and O–H groups in total. The van der Waals surface area contributed by atoms with Crippen LogP contribution in [0.3, 0.4) is 0 Å². The smallest absolute Gasteiger partial charge is 0.407 e. The highest BCUT2D eigenvalue weighted by Gasteiger charge is 2.38. The summed E-state index contributed by atoms with van der Waals surface area (Å²) in [4.78, 5) is 62.5. The Morgan fingerprint density at radius 2 is 1.23 bits per heavy atom. The van der Waals surface area contributed by atoms with Gasteiger partial charge in [-0.05, 0) is 60.1 Å². The van der Waals surface area contributed by atoms with Crippen LogP contribution < -0.4 is 10.6 Å². The predicted octanol–water partition coefficient (Wildman–Crippen LogP) is 8.09. The molecule has 9 rings (SSSR count). The molecule has 6 heterocycles. The summed E-state index contributed by atoms with van der Waals surface area (Å²) in [6.07, 6.45) is 4.90. The van der Waals surface area contributed by atoms with Gasteiger partial charge in [-0.15, -0.1) is 22.7 Å². The Morgan fingerprint density at radius 3 is 1.82 bits per heavy atom. The van der Waals surface area contributed by atoms with Crippen LogP contribution in [0.25, 0.3) is 41.7 Å². The molecule has 5 atom stereocenters. The SMILES string of the molecule is COC(=O)N[C@@H](C(=O)N1CCC[C@H]1c1ncc(-c2cc3sc(-c4ccc(-c5cnc([C@@H]6CCCN6C(=O)[C@H](NC(O)OC)c6ccccc6)[nH]5)cc4)cc3s2)[nH]1)c1ccccc1. The molecule has 2 aliphatic heterocycles. The van der Waals surface area contributed by atoms with Crippen molar-refractivity contribution in [2.75, 3.05) is 27.3 Å². The largest absolute Gasteiger partial charge is 0.453 e. The second-order valence-corrected chi connectivity index (χ2v) is 17.5. The van der Waals surface area contributed by atoms with E-state index in [1.54, 1.807) is 27.6 Å². The van der Waals surface area contributed by atoms with E-state index in [9.17, 15) is 19.5 Å². The molecular formula is C46H46N8O6S2. The van der Waals surface area contributed by atoms with Gasteiger partial charge in [0.05, 0.1) is 47.9 Å². The third kappa shape index (κ3) is 8.39. The summed E-state index contributed by atoms with van der Waals surface area (Å²) < 4.78 is 12.2. The molecule has 1 unspecified atom stereocenters. The summed E-state index contributed by atoms with van der Waals surface area (Å²) in [5, 5.41) is 15.9. The molecule has 318 valence electrons. The fourth-order valence-electron chi connectivity index (χ4n) is 8.45. The Kier molecular flexibility index (Phi) is 12.0. The maximum absolute atomic E-state index is 14.0. The Balaban J connectivity index is 0.868. The number of aromatic amines is 2. The summed E-state index contributed by atoms with van der Waals surface area (Å²) in [7, 11) is 2.67. The van der Waals surface area contributed by atoms with E-state index in [0.717, 1.165) is 75.2 Å². The number of ether oxygens (including phenoxy) is 2. The standard InChI is InChI=1S/C46H46N8O6S2/c1-59-45(57)51-39(29-11-5-3-6-12-29)43(55)53-21-9-15-33(53)41-47-25-31(49-41)27-17-19-28(20-18-27)35-23-37-38(61-35)24-36(62-37)32-26-48-42(50-32)34-16-10-22-54(34)44(56)40(52-46(58)60-2)30-13-7-4-8-14-30/h3-8,11-14,17-20,23-26,33-34,39-40,45,51,57H,9-10,15-16,21-22H2,1-2H3,(H,47,49)(H,48,50)(H,52,58)/t33-,34-,39+,40+,45?/m0/s1. The van der Waals surface area contributed by atoms with Crippen molar-refractivity contribution in [3.63, 3.8) is 0 Å². The van der Waals surface area contributed by atoms with Crippen LogP contribution in [-0.4, -0.2) is 86.5 Å². The number of hydrogen-bond donors (Lipinski definition) is 5. The van der Waals surface area contributed by atoms with Crippen molar-refractivity contribution in [3.05, 3.63) is 132 Å². The van der Waals surface area contributed by atoms with Crippen LogP contribution in [0.1, 0.15) is 72.6 Å². The number of aliphatic hydroxyl groups is 1. The van der Waals surface area contributed by atoms with Gasteiger partial charge >= 0.3 is 6.09 Å². The number of fused-ring (bicyclic) bond motifs is 1. The minimum atomic E-state index is -1.29. The number of amides is 3. The molecule has 14 nitrogen and oxygen atoms in total. The number of rotatable bonds is 13. The summed E-state index contributed by atoms with van der Waals surface area (Å²) >= 11 is 3.43. The molecule has 0 spiro atoms. The molecule has 0 bridgehead atoms. The Hall–Kier alpha value is -6.17. The number of nitrogens with zero attached hydrogens (tertiary/aromatic N) is 4. The fraction of sp³-hybridized carbons (Fsp3) is 0.283. The van der Waals surface area contributed by atoms with E-state index in [2.05, 4.69) is 57.0 Å². The molecule has 2 saturated heterocycles. The summed E-state index contributed by atoms with van der Waals surface area (Å²) in [5.74, 6) is 1.10. The number of carbonyl (C=O) groups excluding carboxylic acids is 3. The summed E-state index contributed by atoms with van der Waals surface area (Å²) in [5.41, 5.74) is 5.29. The minimum Gasteiger partial charge on any atom is -0.453 e. The van der Waals surface area contributed by atoms with Crippen molar-refractivity contribution in [2.45, 2.75) is 56.3 Å². The minimum absolute atomic E-state index is 0.150. The maximum atomic E-state index is 14.0. The van der Waals surface area contributed by atoms with Gasteiger partial charge < -0.3 is 39.7 Å². The highest BCUT2D eigenvalue weighted by atomic mass is 32.1. The quantitative estimate of drug-likeness (QED) is 0.0717. The highest BCUT2D eigenvalue weighted by Crippen LogP contribution is 2.43. The van der Waals surface area contributed by atoms with Crippen LogP contribution >= 0.6 is 22.7 Å². The first-order chi connectivity index (χ1) is 30.3. The molecular weight excluding hydrogens is 825 g/mol. The first kappa shape index (κ1) is 41.2. The van der Waals surface area contributed by atoms with Gasteiger partial charge in [0.1, 0.15) is 23.7 Å². The van der Waals surface area contributed by atoms with E-state index in [1.807, 2.05) is 78.0 Å². The van der Waals surface area contributed by atoms with E-state index in [-0.39, 0.29) is 23.9 Å². The van der Waals surface area contributed by atoms with Gasteiger partial charge in [-0.2, -0.15) is 0 Å². The lowest BCUT2D eigenvalue weighted by molar-refractivity contribution is -0.143. The van der Waals surface area contributed by atoms with Crippen LogP contribution in [0, 0.1) is 0 Å². The number of hydrogen-bond acceptors (Lipinski definition) is 11. The Morgan fingerprint density at radius 1 is 0.710 bits per heavy atom. The highest BCUT2D eigenvalue weighted by molar-refractivity contribution is 7.31. The molecule has 4 aromatic heterocycles.